The van der Waals surface area contributed by atoms with Gasteiger partial charge in [-0.2, -0.15) is 4.31 Å². The molecule has 6 heteroatoms. The molecule has 0 aliphatic carbocycles. The SMILES string of the molecule is Cc1ccc(S(=O)(=O)N2CCC(Sc3cccc(Cl)c3)CC2)cc1. The van der Waals surface area contributed by atoms with Crippen molar-refractivity contribution in [3.05, 3.63) is 59.1 Å². The lowest BCUT2D eigenvalue weighted by molar-refractivity contribution is 0.352. The molecule has 0 amide bonds. The quantitative estimate of drug-likeness (QED) is 0.777. The molecular formula is C18H20ClNO2S2. The second-order valence-corrected chi connectivity index (χ2v) is 9.74. The normalized spacial score (nSPS) is 17.1. The van der Waals surface area contributed by atoms with Gasteiger partial charge in [0.25, 0.3) is 0 Å². The average molecular weight is 382 g/mol. The van der Waals surface area contributed by atoms with Gasteiger partial charge in [0, 0.05) is 28.3 Å². The molecule has 0 atom stereocenters. The van der Waals surface area contributed by atoms with Gasteiger partial charge in [0.05, 0.1) is 4.90 Å². The predicted octanol–water partition coefficient (Wildman–Crippen LogP) is 4.59. The lowest BCUT2D eigenvalue weighted by atomic mass is 10.2. The molecular weight excluding hydrogens is 362 g/mol. The summed E-state index contributed by atoms with van der Waals surface area (Å²) >= 11 is 7.81. The average Bonchev–Trinajstić information content (AvgIpc) is 2.56. The Morgan fingerprint density at radius 2 is 1.75 bits per heavy atom. The predicted molar refractivity (Wildman–Crippen MR) is 100 cm³/mol. The van der Waals surface area contributed by atoms with E-state index in [4.69, 9.17) is 11.6 Å². The van der Waals surface area contributed by atoms with E-state index >= 15 is 0 Å². The van der Waals surface area contributed by atoms with Crippen molar-refractivity contribution in [2.45, 2.75) is 34.8 Å². The van der Waals surface area contributed by atoms with Gasteiger partial charge in [0.2, 0.25) is 10.0 Å². The number of nitrogens with zero attached hydrogens (tertiary/aromatic N) is 1. The molecule has 1 saturated heterocycles. The third-order valence-electron chi connectivity index (χ3n) is 4.16. The Morgan fingerprint density at radius 1 is 1.08 bits per heavy atom. The molecule has 0 aromatic heterocycles. The Balaban J connectivity index is 1.63. The van der Waals surface area contributed by atoms with Gasteiger partial charge in [-0.15, -0.1) is 11.8 Å². The summed E-state index contributed by atoms with van der Waals surface area (Å²) in [7, 11) is -3.38. The van der Waals surface area contributed by atoms with Gasteiger partial charge in [0.15, 0.2) is 0 Å². The number of benzene rings is 2. The number of rotatable bonds is 4. The van der Waals surface area contributed by atoms with Crippen LogP contribution in [-0.4, -0.2) is 31.1 Å². The summed E-state index contributed by atoms with van der Waals surface area (Å²) in [5.74, 6) is 0. The number of hydrogen-bond donors (Lipinski definition) is 0. The first kappa shape index (κ1) is 17.8. The fraction of sp³-hybridized carbons (Fsp3) is 0.333. The minimum atomic E-state index is -3.38. The first-order valence-electron chi connectivity index (χ1n) is 7.94. The molecule has 128 valence electrons. The van der Waals surface area contributed by atoms with Gasteiger partial charge >= 0.3 is 0 Å². The van der Waals surface area contributed by atoms with Gasteiger partial charge in [-0.05, 0) is 50.1 Å². The van der Waals surface area contributed by atoms with Crippen molar-refractivity contribution < 1.29 is 8.42 Å². The smallest absolute Gasteiger partial charge is 0.207 e. The summed E-state index contributed by atoms with van der Waals surface area (Å²) in [5.41, 5.74) is 1.06. The summed E-state index contributed by atoms with van der Waals surface area (Å²) in [6.07, 6.45) is 1.70. The Hall–Kier alpha value is -1.01. The topological polar surface area (TPSA) is 37.4 Å². The molecule has 0 N–H and O–H groups in total. The molecule has 1 aliphatic rings. The monoisotopic (exact) mass is 381 g/mol. The summed E-state index contributed by atoms with van der Waals surface area (Å²) in [5, 5.41) is 1.16. The minimum Gasteiger partial charge on any atom is -0.207 e. The molecule has 0 bridgehead atoms. The number of aryl methyl sites for hydroxylation is 1. The summed E-state index contributed by atoms with van der Waals surface area (Å²) in [6.45, 7) is 3.08. The zero-order chi connectivity index (χ0) is 17.2. The second kappa shape index (κ2) is 7.48. The van der Waals surface area contributed by atoms with E-state index < -0.39 is 10.0 Å². The second-order valence-electron chi connectivity index (χ2n) is 5.99. The molecule has 2 aromatic carbocycles. The Kier molecular flexibility index (Phi) is 5.55. The Morgan fingerprint density at radius 3 is 2.38 bits per heavy atom. The van der Waals surface area contributed by atoms with Crippen LogP contribution in [0.1, 0.15) is 18.4 Å². The van der Waals surface area contributed by atoms with Gasteiger partial charge < -0.3 is 0 Å². The molecule has 0 radical (unpaired) electrons. The van der Waals surface area contributed by atoms with Gasteiger partial charge in [-0.25, -0.2) is 8.42 Å². The lowest BCUT2D eigenvalue weighted by Gasteiger charge is -2.31. The molecule has 1 aliphatic heterocycles. The molecule has 0 saturated carbocycles. The maximum atomic E-state index is 12.7. The highest BCUT2D eigenvalue weighted by Gasteiger charge is 2.29. The highest BCUT2D eigenvalue weighted by Crippen LogP contribution is 2.33. The third kappa shape index (κ3) is 4.14. The Bertz CT molecular complexity index is 798. The van der Waals surface area contributed by atoms with Crippen molar-refractivity contribution in [1.82, 2.24) is 4.31 Å². The van der Waals surface area contributed by atoms with Crippen LogP contribution in [0.3, 0.4) is 0 Å². The van der Waals surface area contributed by atoms with Crippen molar-refractivity contribution in [3.63, 3.8) is 0 Å². The zero-order valence-corrected chi connectivity index (χ0v) is 15.9. The summed E-state index contributed by atoms with van der Waals surface area (Å²) in [4.78, 5) is 1.52. The number of piperidine rings is 1. The van der Waals surface area contributed by atoms with Crippen molar-refractivity contribution in [3.8, 4) is 0 Å². The van der Waals surface area contributed by atoms with Crippen LogP contribution in [0.5, 0.6) is 0 Å². The molecule has 24 heavy (non-hydrogen) atoms. The summed E-state index contributed by atoms with van der Waals surface area (Å²) < 4.78 is 27.0. The highest BCUT2D eigenvalue weighted by atomic mass is 35.5. The molecule has 0 unspecified atom stereocenters. The minimum absolute atomic E-state index is 0.383. The van der Waals surface area contributed by atoms with E-state index in [1.54, 1.807) is 28.2 Å². The maximum Gasteiger partial charge on any atom is 0.243 e. The van der Waals surface area contributed by atoms with E-state index in [0.29, 0.717) is 23.2 Å². The number of sulfonamides is 1. The van der Waals surface area contributed by atoms with E-state index in [1.807, 2.05) is 43.3 Å². The van der Waals surface area contributed by atoms with Gasteiger partial charge in [0.1, 0.15) is 0 Å². The standard InChI is InChI=1S/C18H20ClNO2S2/c1-14-5-7-18(8-6-14)24(21,22)20-11-9-16(10-12-20)23-17-4-2-3-15(19)13-17/h2-8,13,16H,9-12H2,1H3. The van der Waals surface area contributed by atoms with Crippen LogP contribution in [-0.2, 0) is 10.0 Å². The van der Waals surface area contributed by atoms with Crippen LogP contribution in [0.15, 0.2) is 58.3 Å². The first-order chi connectivity index (χ1) is 11.4. The van der Waals surface area contributed by atoms with E-state index in [9.17, 15) is 8.42 Å². The van der Waals surface area contributed by atoms with Crippen molar-refractivity contribution in [2.75, 3.05) is 13.1 Å². The molecule has 3 rings (SSSR count). The van der Waals surface area contributed by atoms with E-state index in [0.717, 1.165) is 28.3 Å². The summed E-state index contributed by atoms with van der Waals surface area (Å²) in [6, 6.07) is 14.9. The molecule has 3 nitrogen and oxygen atoms in total. The third-order valence-corrected chi connectivity index (χ3v) is 7.64. The van der Waals surface area contributed by atoms with Crippen molar-refractivity contribution in [2.24, 2.45) is 0 Å². The van der Waals surface area contributed by atoms with Crippen LogP contribution in [0.25, 0.3) is 0 Å². The van der Waals surface area contributed by atoms with Crippen LogP contribution in [0, 0.1) is 6.92 Å². The number of halogens is 1. The zero-order valence-electron chi connectivity index (χ0n) is 13.5. The fourth-order valence-corrected chi connectivity index (χ4v) is 5.69. The molecule has 1 heterocycles. The number of hydrogen-bond acceptors (Lipinski definition) is 3. The molecule has 0 spiro atoms. The Labute approximate surface area is 153 Å². The van der Waals surface area contributed by atoms with Crippen LogP contribution >= 0.6 is 23.4 Å². The maximum absolute atomic E-state index is 12.7. The van der Waals surface area contributed by atoms with E-state index in [1.165, 1.54) is 0 Å². The lowest BCUT2D eigenvalue weighted by Crippen LogP contribution is -2.39. The van der Waals surface area contributed by atoms with E-state index in [-0.39, 0.29) is 0 Å². The first-order valence-corrected chi connectivity index (χ1v) is 10.6. The van der Waals surface area contributed by atoms with Gasteiger partial charge in [-0.1, -0.05) is 35.4 Å². The van der Waals surface area contributed by atoms with Crippen LogP contribution in [0.2, 0.25) is 5.02 Å². The largest absolute Gasteiger partial charge is 0.243 e. The van der Waals surface area contributed by atoms with E-state index in [2.05, 4.69) is 0 Å². The van der Waals surface area contributed by atoms with Gasteiger partial charge in [-0.3, -0.25) is 0 Å². The fourth-order valence-electron chi connectivity index (χ4n) is 2.78. The highest BCUT2D eigenvalue weighted by molar-refractivity contribution is 8.00. The van der Waals surface area contributed by atoms with Crippen LogP contribution < -0.4 is 0 Å². The van der Waals surface area contributed by atoms with Crippen molar-refractivity contribution >= 4 is 33.4 Å². The van der Waals surface area contributed by atoms with Crippen molar-refractivity contribution in [1.29, 1.82) is 0 Å². The number of thioether (sulfide) groups is 1. The molecule has 2 aromatic rings. The van der Waals surface area contributed by atoms with Crippen LogP contribution in [0.4, 0.5) is 0 Å². The molecule has 1 fully saturated rings.